The summed E-state index contributed by atoms with van der Waals surface area (Å²) in [4.78, 5) is 14.1. The van der Waals surface area contributed by atoms with Crippen LogP contribution in [0.3, 0.4) is 0 Å². The van der Waals surface area contributed by atoms with Crippen molar-refractivity contribution in [3.05, 3.63) is 23.0 Å². The van der Waals surface area contributed by atoms with Gasteiger partial charge in [-0.2, -0.15) is 0 Å². The Morgan fingerprint density at radius 2 is 2.18 bits per heavy atom. The Hall–Kier alpha value is -1.00. The van der Waals surface area contributed by atoms with Crippen LogP contribution in [0.5, 0.6) is 0 Å². The van der Waals surface area contributed by atoms with Gasteiger partial charge in [-0.1, -0.05) is 11.6 Å². The fourth-order valence-electron chi connectivity index (χ4n) is 2.27. The van der Waals surface area contributed by atoms with E-state index in [-0.39, 0.29) is 5.91 Å². The van der Waals surface area contributed by atoms with E-state index < -0.39 is 0 Å². The standard InChI is InChI=1S/C12H18ClN3O/c1-15-8-10(13)6-11(15)12(17)16-4-2-9(7-14)3-5-16/h6,8-9H,2-5,7,14H2,1H3. The summed E-state index contributed by atoms with van der Waals surface area (Å²) in [5.74, 6) is 0.630. The highest BCUT2D eigenvalue weighted by Gasteiger charge is 2.24. The summed E-state index contributed by atoms with van der Waals surface area (Å²) in [5, 5.41) is 0.604. The van der Waals surface area contributed by atoms with Crippen molar-refractivity contribution >= 4 is 17.5 Å². The number of carbonyl (C=O) groups is 1. The normalized spacial score (nSPS) is 17.5. The van der Waals surface area contributed by atoms with Crippen molar-refractivity contribution in [2.24, 2.45) is 18.7 Å². The number of amides is 1. The predicted octanol–water partition coefficient (Wildman–Crippen LogP) is 1.49. The van der Waals surface area contributed by atoms with E-state index in [2.05, 4.69) is 0 Å². The van der Waals surface area contributed by atoms with Gasteiger partial charge in [0, 0.05) is 26.3 Å². The summed E-state index contributed by atoms with van der Waals surface area (Å²) in [5.41, 5.74) is 6.29. The molecule has 2 N–H and O–H groups in total. The van der Waals surface area contributed by atoms with E-state index in [0.717, 1.165) is 32.5 Å². The van der Waals surface area contributed by atoms with Crippen molar-refractivity contribution in [2.75, 3.05) is 19.6 Å². The zero-order valence-corrected chi connectivity index (χ0v) is 10.8. The second kappa shape index (κ2) is 5.10. The number of hydrogen-bond donors (Lipinski definition) is 1. The minimum absolute atomic E-state index is 0.0647. The summed E-state index contributed by atoms with van der Waals surface area (Å²) in [6.07, 6.45) is 3.75. The highest BCUT2D eigenvalue weighted by Crippen LogP contribution is 2.20. The van der Waals surface area contributed by atoms with Gasteiger partial charge in [-0.3, -0.25) is 4.79 Å². The van der Waals surface area contributed by atoms with E-state index in [1.165, 1.54) is 0 Å². The Balaban J connectivity index is 2.04. The zero-order valence-electron chi connectivity index (χ0n) is 10.0. The largest absolute Gasteiger partial charge is 0.345 e. The SMILES string of the molecule is Cn1cc(Cl)cc1C(=O)N1CCC(CN)CC1. The number of rotatable bonds is 2. The monoisotopic (exact) mass is 255 g/mol. The van der Waals surface area contributed by atoms with E-state index in [9.17, 15) is 4.79 Å². The molecule has 0 aromatic carbocycles. The van der Waals surface area contributed by atoms with Gasteiger partial charge in [0.05, 0.1) is 5.02 Å². The first-order chi connectivity index (χ1) is 8.11. The molecule has 1 amide bonds. The van der Waals surface area contributed by atoms with Crippen molar-refractivity contribution in [3.8, 4) is 0 Å². The van der Waals surface area contributed by atoms with E-state index in [1.54, 1.807) is 16.8 Å². The van der Waals surface area contributed by atoms with Gasteiger partial charge >= 0.3 is 0 Å². The van der Waals surface area contributed by atoms with Crippen LogP contribution in [-0.4, -0.2) is 35.0 Å². The summed E-state index contributed by atoms with van der Waals surface area (Å²) < 4.78 is 1.78. The molecule has 0 bridgehead atoms. The summed E-state index contributed by atoms with van der Waals surface area (Å²) in [6.45, 7) is 2.31. The zero-order chi connectivity index (χ0) is 12.4. The summed E-state index contributed by atoms with van der Waals surface area (Å²) >= 11 is 5.89. The van der Waals surface area contributed by atoms with Gasteiger partial charge in [-0.05, 0) is 31.4 Å². The third-order valence-electron chi connectivity index (χ3n) is 3.43. The van der Waals surface area contributed by atoms with Crippen molar-refractivity contribution < 1.29 is 4.79 Å². The van der Waals surface area contributed by atoms with Crippen LogP contribution < -0.4 is 5.73 Å². The molecular formula is C12H18ClN3O. The second-order valence-electron chi connectivity index (χ2n) is 4.63. The molecule has 1 aliphatic heterocycles. The Morgan fingerprint density at radius 1 is 1.53 bits per heavy atom. The first kappa shape index (κ1) is 12.5. The molecule has 2 rings (SSSR count). The lowest BCUT2D eigenvalue weighted by atomic mass is 9.97. The molecule has 0 saturated carbocycles. The molecule has 0 unspecified atom stereocenters. The first-order valence-electron chi connectivity index (χ1n) is 5.93. The molecule has 1 aromatic rings. The maximum atomic E-state index is 12.2. The minimum Gasteiger partial charge on any atom is -0.345 e. The van der Waals surface area contributed by atoms with Gasteiger partial charge in [-0.15, -0.1) is 0 Å². The molecule has 0 spiro atoms. The Bertz CT molecular complexity index is 408. The van der Waals surface area contributed by atoms with Crippen molar-refractivity contribution in [1.29, 1.82) is 0 Å². The van der Waals surface area contributed by atoms with Crippen LogP contribution in [-0.2, 0) is 7.05 Å². The van der Waals surface area contributed by atoms with Crippen LogP contribution in [0.1, 0.15) is 23.3 Å². The number of nitrogens with zero attached hydrogens (tertiary/aromatic N) is 2. The van der Waals surface area contributed by atoms with Crippen LogP contribution in [0, 0.1) is 5.92 Å². The number of piperidine rings is 1. The highest BCUT2D eigenvalue weighted by molar-refractivity contribution is 6.31. The molecule has 1 aromatic heterocycles. The van der Waals surface area contributed by atoms with Gasteiger partial charge < -0.3 is 15.2 Å². The number of likely N-dealkylation sites (tertiary alicyclic amines) is 1. The average molecular weight is 256 g/mol. The molecule has 5 heteroatoms. The van der Waals surface area contributed by atoms with Gasteiger partial charge in [0.15, 0.2) is 0 Å². The third kappa shape index (κ3) is 2.64. The molecule has 1 saturated heterocycles. The van der Waals surface area contributed by atoms with Crippen LogP contribution in [0.15, 0.2) is 12.3 Å². The molecule has 2 heterocycles. The topological polar surface area (TPSA) is 51.3 Å². The van der Waals surface area contributed by atoms with E-state index in [0.29, 0.717) is 16.6 Å². The summed E-state index contributed by atoms with van der Waals surface area (Å²) in [6, 6.07) is 1.72. The molecular weight excluding hydrogens is 238 g/mol. The number of aryl methyl sites for hydroxylation is 1. The van der Waals surface area contributed by atoms with Gasteiger partial charge in [-0.25, -0.2) is 0 Å². The smallest absolute Gasteiger partial charge is 0.270 e. The average Bonchev–Trinajstić information content (AvgIpc) is 2.68. The van der Waals surface area contributed by atoms with Crippen LogP contribution in [0.4, 0.5) is 0 Å². The van der Waals surface area contributed by atoms with Gasteiger partial charge in [0.1, 0.15) is 5.69 Å². The van der Waals surface area contributed by atoms with Crippen molar-refractivity contribution in [1.82, 2.24) is 9.47 Å². The maximum absolute atomic E-state index is 12.2. The molecule has 17 heavy (non-hydrogen) atoms. The van der Waals surface area contributed by atoms with Gasteiger partial charge in [0.2, 0.25) is 0 Å². The third-order valence-corrected chi connectivity index (χ3v) is 3.63. The first-order valence-corrected chi connectivity index (χ1v) is 6.31. The number of nitrogens with two attached hydrogens (primary N) is 1. The van der Waals surface area contributed by atoms with E-state index >= 15 is 0 Å². The van der Waals surface area contributed by atoms with Crippen LogP contribution in [0.25, 0.3) is 0 Å². The van der Waals surface area contributed by atoms with Crippen molar-refractivity contribution in [2.45, 2.75) is 12.8 Å². The Labute approximate surface area is 106 Å². The predicted molar refractivity (Wildman–Crippen MR) is 68.1 cm³/mol. The van der Waals surface area contributed by atoms with Crippen LogP contribution >= 0.6 is 11.6 Å². The number of aromatic nitrogens is 1. The van der Waals surface area contributed by atoms with Crippen molar-refractivity contribution in [3.63, 3.8) is 0 Å². The molecule has 1 fully saturated rings. The fourth-order valence-corrected chi connectivity index (χ4v) is 2.52. The lowest BCUT2D eigenvalue weighted by Gasteiger charge is -2.31. The highest BCUT2D eigenvalue weighted by atomic mass is 35.5. The molecule has 94 valence electrons. The molecule has 0 radical (unpaired) electrons. The lowest BCUT2D eigenvalue weighted by molar-refractivity contribution is 0.0684. The Kier molecular flexibility index (Phi) is 3.74. The quantitative estimate of drug-likeness (QED) is 0.871. The summed E-state index contributed by atoms with van der Waals surface area (Å²) in [7, 11) is 1.84. The number of carbonyl (C=O) groups excluding carboxylic acids is 1. The van der Waals surface area contributed by atoms with Crippen LogP contribution in [0.2, 0.25) is 5.02 Å². The van der Waals surface area contributed by atoms with E-state index in [1.807, 2.05) is 11.9 Å². The minimum atomic E-state index is 0.0647. The lowest BCUT2D eigenvalue weighted by Crippen LogP contribution is -2.40. The Morgan fingerprint density at radius 3 is 2.65 bits per heavy atom. The molecule has 4 nitrogen and oxygen atoms in total. The second-order valence-corrected chi connectivity index (χ2v) is 5.06. The number of halogens is 1. The van der Waals surface area contributed by atoms with E-state index in [4.69, 9.17) is 17.3 Å². The molecule has 1 aliphatic rings. The fraction of sp³-hybridized carbons (Fsp3) is 0.583. The number of hydrogen-bond acceptors (Lipinski definition) is 2. The maximum Gasteiger partial charge on any atom is 0.270 e. The molecule has 0 aliphatic carbocycles. The molecule has 0 atom stereocenters. The van der Waals surface area contributed by atoms with Gasteiger partial charge in [0.25, 0.3) is 5.91 Å².